The van der Waals surface area contributed by atoms with Crippen molar-refractivity contribution in [3.63, 3.8) is 0 Å². The van der Waals surface area contributed by atoms with Crippen molar-refractivity contribution in [3.8, 4) is 5.75 Å². The standard InChI is InChI=1S/C28H36F2O/c1-3-5-6-7-19-8-9-21-16-22(11-10-20(21)15-19)23-12-13-24-18-26(31-14-4-2)28(30)27(29)25(24)17-23/h4,12-13,17-22H,2-3,5-11,14-16H2,1H3/t19?,20-,21?,22-/m1/s1. The van der Waals surface area contributed by atoms with Gasteiger partial charge in [-0.2, -0.15) is 4.39 Å². The molecule has 2 aliphatic rings. The summed E-state index contributed by atoms with van der Waals surface area (Å²) in [5.41, 5.74) is 1.16. The van der Waals surface area contributed by atoms with E-state index in [9.17, 15) is 8.78 Å². The van der Waals surface area contributed by atoms with Gasteiger partial charge in [-0.15, -0.1) is 0 Å². The third-order valence-electron chi connectivity index (χ3n) is 7.78. The molecule has 168 valence electrons. The Labute approximate surface area is 185 Å². The molecule has 2 fully saturated rings. The lowest BCUT2D eigenvalue weighted by atomic mass is 9.63. The first kappa shape index (κ1) is 22.3. The summed E-state index contributed by atoms with van der Waals surface area (Å²) in [5.74, 6) is 1.30. The highest BCUT2D eigenvalue weighted by Gasteiger charge is 2.35. The van der Waals surface area contributed by atoms with Crippen LogP contribution >= 0.6 is 0 Å². The predicted molar refractivity (Wildman–Crippen MR) is 125 cm³/mol. The largest absolute Gasteiger partial charge is 0.486 e. The van der Waals surface area contributed by atoms with Gasteiger partial charge in [0, 0.05) is 5.39 Å². The van der Waals surface area contributed by atoms with E-state index < -0.39 is 11.6 Å². The molecular formula is C28H36F2O. The third-order valence-corrected chi connectivity index (χ3v) is 7.78. The molecule has 1 nitrogen and oxygen atoms in total. The Balaban J connectivity index is 1.45. The van der Waals surface area contributed by atoms with Crippen LogP contribution in [-0.4, -0.2) is 6.61 Å². The molecule has 2 unspecified atom stereocenters. The van der Waals surface area contributed by atoms with E-state index in [0.717, 1.165) is 23.3 Å². The fourth-order valence-electron chi connectivity index (χ4n) is 6.06. The van der Waals surface area contributed by atoms with E-state index in [1.165, 1.54) is 70.3 Å². The van der Waals surface area contributed by atoms with Gasteiger partial charge in [-0.3, -0.25) is 0 Å². The molecule has 0 heterocycles. The second kappa shape index (κ2) is 10.1. The van der Waals surface area contributed by atoms with Gasteiger partial charge >= 0.3 is 0 Å². The molecule has 0 aliphatic heterocycles. The molecule has 2 aromatic rings. The van der Waals surface area contributed by atoms with Gasteiger partial charge < -0.3 is 4.74 Å². The van der Waals surface area contributed by atoms with Crippen LogP contribution in [0.5, 0.6) is 5.75 Å². The van der Waals surface area contributed by atoms with E-state index in [2.05, 4.69) is 19.6 Å². The van der Waals surface area contributed by atoms with Crippen LogP contribution < -0.4 is 4.74 Å². The number of benzene rings is 2. The number of fused-ring (bicyclic) bond motifs is 2. The van der Waals surface area contributed by atoms with Crippen molar-refractivity contribution in [2.45, 2.75) is 77.0 Å². The van der Waals surface area contributed by atoms with E-state index in [0.29, 0.717) is 16.7 Å². The smallest absolute Gasteiger partial charge is 0.201 e. The summed E-state index contributed by atoms with van der Waals surface area (Å²) in [6, 6.07) is 7.51. The number of unbranched alkanes of at least 4 members (excludes halogenated alkanes) is 2. The maximum atomic E-state index is 14.8. The molecule has 2 saturated carbocycles. The molecule has 4 rings (SSSR count). The molecule has 0 aromatic heterocycles. The molecule has 0 N–H and O–H groups in total. The van der Waals surface area contributed by atoms with Crippen LogP contribution in [0, 0.1) is 29.4 Å². The van der Waals surface area contributed by atoms with Crippen molar-refractivity contribution in [1.82, 2.24) is 0 Å². The number of rotatable bonds is 8. The quantitative estimate of drug-likeness (QED) is 0.303. The molecule has 2 aromatic carbocycles. The Kier molecular flexibility index (Phi) is 7.30. The maximum Gasteiger partial charge on any atom is 0.201 e. The Morgan fingerprint density at radius 3 is 2.61 bits per heavy atom. The van der Waals surface area contributed by atoms with Gasteiger partial charge in [-0.25, -0.2) is 4.39 Å². The van der Waals surface area contributed by atoms with Crippen molar-refractivity contribution in [1.29, 1.82) is 0 Å². The Bertz CT molecular complexity index is 906. The minimum absolute atomic E-state index is 0.0474. The van der Waals surface area contributed by atoms with Gasteiger partial charge in [0.15, 0.2) is 11.6 Å². The normalized spacial score (nSPS) is 25.9. The van der Waals surface area contributed by atoms with Crippen molar-refractivity contribution < 1.29 is 13.5 Å². The first-order chi connectivity index (χ1) is 15.1. The highest BCUT2D eigenvalue weighted by molar-refractivity contribution is 5.85. The van der Waals surface area contributed by atoms with Crippen molar-refractivity contribution in [2.24, 2.45) is 17.8 Å². The zero-order valence-electron chi connectivity index (χ0n) is 18.8. The summed E-state index contributed by atoms with van der Waals surface area (Å²) < 4.78 is 34.5. The SMILES string of the molecule is C=CCOc1cc2ccc([C@@H]3CC[C@@H]4CC(CCCCC)CCC4C3)cc2c(F)c1F. The molecule has 3 heteroatoms. The van der Waals surface area contributed by atoms with E-state index in [1.54, 1.807) is 6.07 Å². The lowest BCUT2D eigenvalue weighted by molar-refractivity contribution is 0.113. The molecule has 0 amide bonds. The van der Waals surface area contributed by atoms with Gasteiger partial charge in [-0.1, -0.05) is 63.8 Å². The summed E-state index contributed by atoms with van der Waals surface area (Å²) in [7, 11) is 0. The average Bonchev–Trinajstić information content (AvgIpc) is 2.80. The molecule has 31 heavy (non-hydrogen) atoms. The highest BCUT2D eigenvalue weighted by atomic mass is 19.2. The van der Waals surface area contributed by atoms with Crippen LogP contribution in [0.25, 0.3) is 10.8 Å². The van der Waals surface area contributed by atoms with Crippen molar-refractivity contribution >= 4 is 10.8 Å². The molecule has 4 atom stereocenters. The first-order valence-electron chi connectivity index (χ1n) is 12.3. The van der Waals surface area contributed by atoms with E-state index in [4.69, 9.17) is 4.74 Å². The number of hydrogen-bond acceptors (Lipinski definition) is 1. The Morgan fingerprint density at radius 2 is 1.81 bits per heavy atom. The summed E-state index contributed by atoms with van der Waals surface area (Å²) in [4.78, 5) is 0. The number of halogens is 2. The van der Waals surface area contributed by atoms with E-state index in [1.807, 2.05) is 12.1 Å². The van der Waals surface area contributed by atoms with Crippen LogP contribution in [0.15, 0.2) is 36.9 Å². The van der Waals surface area contributed by atoms with Crippen LogP contribution in [-0.2, 0) is 0 Å². The molecular weight excluding hydrogens is 390 g/mol. The summed E-state index contributed by atoms with van der Waals surface area (Å²) in [6.45, 7) is 6.00. The van der Waals surface area contributed by atoms with Gasteiger partial charge in [0.05, 0.1) is 0 Å². The first-order valence-corrected chi connectivity index (χ1v) is 12.3. The molecule has 0 bridgehead atoms. The molecule has 2 aliphatic carbocycles. The topological polar surface area (TPSA) is 9.23 Å². The van der Waals surface area contributed by atoms with Crippen LogP contribution in [0.1, 0.15) is 82.6 Å². The van der Waals surface area contributed by atoms with Crippen LogP contribution in [0.2, 0.25) is 0 Å². The van der Waals surface area contributed by atoms with Crippen molar-refractivity contribution in [3.05, 3.63) is 54.1 Å². The summed E-state index contributed by atoms with van der Waals surface area (Å²) in [6.07, 6.45) is 14.8. The highest BCUT2D eigenvalue weighted by Crippen LogP contribution is 2.48. The zero-order valence-corrected chi connectivity index (χ0v) is 18.8. The zero-order chi connectivity index (χ0) is 21.8. The summed E-state index contributed by atoms with van der Waals surface area (Å²) >= 11 is 0. The monoisotopic (exact) mass is 426 g/mol. The van der Waals surface area contributed by atoms with Gasteiger partial charge in [0.1, 0.15) is 6.61 Å². The summed E-state index contributed by atoms with van der Waals surface area (Å²) in [5, 5.41) is 1.05. The second-order valence-corrected chi connectivity index (χ2v) is 9.79. The van der Waals surface area contributed by atoms with Crippen LogP contribution in [0.3, 0.4) is 0 Å². The predicted octanol–water partition coefficient (Wildman–Crippen LogP) is 8.56. The fourth-order valence-corrected chi connectivity index (χ4v) is 6.06. The number of hydrogen-bond donors (Lipinski definition) is 0. The van der Waals surface area contributed by atoms with Gasteiger partial charge in [0.25, 0.3) is 0 Å². The Hall–Kier alpha value is -1.90. The Morgan fingerprint density at radius 1 is 1.00 bits per heavy atom. The van der Waals surface area contributed by atoms with Gasteiger partial charge in [-0.05, 0) is 78.9 Å². The van der Waals surface area contributed by atoms with E-state index in [-0.39, 0.29) is 12.4 Å². The average molecular weight is 427 g/mol. The lowest BCUT2D eigenvalue weighted by Gasteiger charge is -2.42. The second-order valence-electron chi connectivity index (χ2n) is 9.79. The number of ether oxygens (including phenoxy) is 1. The van der Waals surface area contributed by atoms with Gasteiger partial charge in [0.2, 0.25) is 5.82 Å². The van der Waals surface area contributed by atoms with E-state index >= 15 is 0 Å². The lowest BCUT2D eigenvalue weighted by Crippen LogP contribution is -2.30. The van der Waals surface area contributed by atoms with Crippen LogP contribution in [0.4, 0.5) is 8.78 Å². The maximum absolute atomic E-state index is 14.8. The fraction of sp³-hybridized carbons (Fsp3) is 0.571. The molecule has 0 saturated heterocycles. The molecule has 0 spiro atoms. The minimum Gasteiger partial charge on any atom is -0.486 e. The molecule has 0 radical (unpaired) electrons. The minimum atomic E-state index is -0.906. The van der Waals surface area contributed by atoms with Crippen molar-refractivity contribution in [2.75, 3.05) is 6.61 Å². The third kappa shape index (κ3) is 4.96.